The monoisotopic (exact) mass is 461 g/mol. The molecule has 170 valence electrons. The molecule has 33 heavy (non-hydrogen) atoms. The zero-order valence-electron chi connectivity index (χ0n) is 18.6. The fraction of sp³-hybridized carbons (Fsp3) is 0.333. The third-order valence-electron chi connectivity index (χ3n) is 7.08. The first kappa shape index (κ1) is 21.9. The number of anilines is 1. The van der Waals surface area contributed by atoms with E-state index >= 15 is 0 Å². The number of nitrogens with zero attached hydrogens (tertiary/aromatic N) is 1. The molecule has 4 heterocycles. The van der Waals surface area contributed by atoms with Crippen molar-refractivity contribution >= 4 is 28.8 Å². The van der Waals surface area contributed by atoms with Crippen LogP contribution >= 0.6 is 11.3 Å². The van der Waals surface area contributed by atoms with Crippen LogP contribution in [0.2, 0.25) is 0 Å². The second-order valence-electron chi connectivity index (χ2n) is 9.23. The Balaban J connectivity index is 1.31. The molecular formula is C27H29N2O3S+. The molecule has 6 heteroatoms. The molecule has 0 radical (unpaired) electrons. The van der Waals surface area contributed by atoms with Gasteiger partial charge in [0, 0.05) is 35.4 Å². The number of carbonyl (C=O) groups is 2. The highest BCUT2D eigenvalue weighted by molar-refractivity contribution is 7.08. The van der Waals surface area contributed by atoms with E-state index in [0.29, 0.717) is 12.5 Å². The van der Waals surface area contributed by atoms with Crippen molar-refractivity contribution in [2.24, 2.45) is 5.92 Å². The van der Waals surface area contributed by atoms with E-state index in [1.54, 1.807) is 11.3 Å². The number of Topliss-reactive ketones (excluding diaryl/α,β-unsaturated/α-hetero) is 1. The van der Waals surface area contributed by atoms with Gasteiger partial charge in [-0.15, -0.1) is 0 Å². The predicted molar refractivity (Wildman–Crippen MR) is 130 cm³/mol. The molecule has 2 aromatic carbocycles. The number of rotatable bonds is 8. The Morgan fingerprint density at radius 2 is 1.70 bits per heavy atom. The lowest BCUT2D eigenvalue weighted by atomic mass is 9.82. The van der Waals surface area contributed by atoms with E-state index in [1.165, 1.54) is 0 Å². The molecule has 3 aromatic rings. The Hall–Kier alpha value is -2.96. The van der Waals surface area contributed by atoms with Gasteiger partial charge in [0.2, 0.25) is 5.78 Å². The molecule has 2 atom stereocenters. The van der Waals surface area contributed by atoms with Crippen LogP contribution in [0.3, 0.4) is 0 Å². The molecule has 1 unspecified atom stereocenters. The third kappa shape index (κ3) is 4.87. The summed E-state index contributed by atoms with van der Waals surface area (Å²) in [5.41, 5.74) is 2.55. The Morgan fingerprint density at radius 3 is 2.36 bits per heavy atom. The SMILES string of the molecule is O=C(C[N+]12CCC(CC1)[C@@H](OC(=O)C(Nc1ccccc1)c1ccccc1)C2)c1ccsc1. The van der Waals surface area contributed by atoms with Gasteiger partial charge in [0.25, 0.3) is 0 Å². The molecule has 5 nitrogen and oxygen atoms in total. The second-order valence-corrected chi connectivity index (χ2v) is 10.0. The summed E-state index contributed by atoms with van der Waals surface area (Å²) < 4.78 is 6.91. The first-order valence-corrected chi connectivity index (χ1v) is 12.5. The molecule has 0 aliphatic carbocycles. The van der Waals surface area contributed by atoms with Crippen LogP contribution in [0.1, 0.15) is 34.8 Å². The van der Waals surface area contributed by atoms with Crippen molar-refractivity contribution in [3.8, 4) is 0 Å². The molecule has 3 aliphatic heterocycles. The predicted octanol–water partition coefficient (Wildman–Crippen LogP) is 4.94. The zero-order chi connectivity index (χ0) is 22.7. The number of para-hydroxylation sites is 1. The summed E-state index contributed by atoms with van der Waals surface area (Å²) in [6.07, 6.45) is 1.84. The van der Waals surface area contributed by atoms with Gasteiger partial charge in [-0.25, -0.2) is 4.79 Å². The van der Waals surface area contributed by atoms with Gasteiger partial charge in [-0.2, -0.15) is 11.3 Å². The molecule has 3 fully saturated rings. The first-order chi connectivity index (χ1) is 16.1. The van der Waals surface area contributed by atoms with Crippen molar-refractivity contribution in [3.63, 3.8) is 0 Å². The van der Waals surface area contributed by atoms with E-state index in [0.717, 1.165) is 53.8 Å². The Morgan fingerprint density at radius 1 is 1.00 bits per heavy atom. The van der Waals surface area contributed by atoms with Crippen LogP contribution in [0, 0.1) is 5.92 Å². The van der Waals surface area contributed by atoms with Crippen molar-refractivity contribution in [2.75, 3.05) is 31.5 Å². The lowest BCUT2D eigenvalue weighted by molar-refractivity contribution is -0.938. The number of carbonyl (C=O) groups excluding carboxylic acids is 2. The zero-order valence-corrected chi connectivity index (χ0v) is 19.4. The van der Waals surface area contributed by atoms with Crippen LogP contribution < -0.4 is 5.32 Å². The van der Waals surface area contributed by atoms with Crippen molar-refractivity contribution in [3.05, 3.63) is 88.6 Å². The minimum Gasteiger partial charge on any atom is -0.454 e. The number of fused-ring (bicyclic) bond motifs is 3. The van der Waals surface area contributed by atoms with Gasteiger partial charge < -0.3 is 14.5 Å². The van der Waals surface area contributed by atoms with Gasteiger partial charge in [-0.05, 0) is 29.1 Å². The van der Waals surface area contributed by atoms with Crippen molar-refractivity contribution < 1.29 is 18.8 Å². The summed E-state index contributed by atoms with van der Waals surface area (Å²) in [7, 11) is 0. The maximum atomic E-state index is 13.4. The number of ketones is 1. The smallest absolute Gasteiger partial charge is 0.333 e. The van der Waals surface area contributed by atoms with Gasteiger partial charge in [0.15, 0.2) is 12.1 Å². The van der Waals surface area contributed by atoms with Crippen LogP contribution in [0.15, 0.2) is 77.5 Å². The molecule has 0 saturated carbocycles. The summed E-state index contributed by atoms with van der Waals surface area (Å²) >= 11 is 1.55. The highest BCUT2D eigenvalue weighted by atomic mass is 32.1. The van der Waals surface area contributed by atoms with Crippen LogP contribution in [0.4, 0.5) is 5.69 Å². The number of ether oxygens (including phenoxy) is 1. The third-order valence-corrected chi connectivity index (χ3v) is 7.77. The maximum absolute atomic E-state index is 13.4. The number of hydrogen-bond acceptors (Lipinski definition) is 5. The molecule has 0 amide bonds. The van der Waals surface area contributed by atoms with Crippen molar-refractivity contribution in [1.82, 2.24) is 0 Å². The van der Waals surface area contributed by atoms with E-state index < -0.39 is 6.04 Å². The van der Waals surface area contributed by atoms with Gasteiger partial charge in [0.05, 0.1) is 13.1 Å². The minimum atomic E-state index is -0.579. The second kappa shape index (κ2) is 9.49. The number of nitrogens with one attached hydrogen (secondary N) is 1. The fourth-order valence-corrected chi connectivity index (χ4v) is 5.90. The van der Waals surface area contributed by atoms with Crippen molar-refractivity contribution in [1.29, 1.82) is 0 Å². The molecular weight excluding hydrogens is 432 g/mol. The summed E-state index contributed by atoms with van der Waals surface area (Å²) in [5, 5.41) is 7.23. The number of quaternary nitrogens is 1. The average molecular weight is 462 g/mol. The highest BCUT2D eigenvalue weighted by Crippen LogP contribution is 2.36. The van der Waals surface area contributed by atoms with Crippen LogP contribution in [0.25, 0.3) is 0 Å². The topological polar surface area (TPSA) is 55.4 Å². The van der Waals surface area contributed by atoms with Gasteiger partial charge >= 0.3 is 5.97 Å². The van der Waals surface area contributed by atoms with E-state index in [2.05, 4.69) is 5.32 Å². The molecule has 0 spiro atoms. The van der Waals surface area contributed by atoms with Crippen LogP contribution in [-0.2, 0) is 9.53 Å². The van der Waals surface area contributed by atoms with E-state index in [9.17, 15) is 9.59 Å². The lowest BCUT2D eigenvalue weighted by Crippen LogP contribution is -2.65. The number of piperidine rings is 3. The largest absolute Gasteiger partial charge is 0.454 e. The average Bonchev–Trinajstić information content (AvgIpc) is 3.40. The minimum absolute atomic E-state index is 0.154. The number of hydrogen-bond donors (Lipinski definition) is 1. The normalized spacial score (nSPS) is 24.7. The Labute approximate surface area is 198 Å². The number of benzene rings is 2. The molecule has 1 N–H and O–H groups in total. The summed E-state index contributed by atoms with van der Waals surface area (Å²) in [6, 6.07) is 20.8. The summed E-state index contributed by atoms with van der Waals surface area (Å²) in [6.45, 7) is 3.18. The van der Waals surface area contributed by atoms with E-state index in [4.69, 9.17) is 4.74 Å². The maximum Gasteiger partial charge on any atom is 0.333 e. The standard InChI is InChI=1S/C27H29N2O3S/c30-24(22-13-16-33-19-22)17-29-14-11-20(12-15-29)25(18-29)32-27(31)26(21-7-3-1-4-8-21)28-23-9-5-2-6-10-23/h1-10,13,16,19-20,25-26,28H,11-12,14-15,17-18H2/q+1/t20?,25-,26?,29?/m0/s1. The molecule has 1 aromatic heterocycles. The highest BCUT2D eigenvalue weighted by Gasteiger charge is 2.49. The summed E-state index contributed by atoms with van der Waals surface area (Å²) in [4.78, 5) is 26.3. The van der Waals surface area contributed by atoms with Gasteiger partial charge in [-0.3, -0.25) is 4.79 Å². The summed E-state index contributed by atoms with van der Waals surface area (Å²) in [5.74, 6) is 0.305. The van der Waals surface area contributed by atoms with Crippen LogP contribution in [-0.4, -0.2) is 48.5 Å². The molecule has 2 bridgehead atoms. The van der Waals surface area contributed by atoms with E-state index in [-0.39, 0.29) is 17.9 Å². The molecule has 3 saturated heterocycles. The molecule has 6 rings (SSSR count). The van der Waals surface area contributed by atoms with Crippen LogP contribution in [0.5, 0.6) is 0 Å². The fourth-order valence-electron chi connectivity index (χ4n) is 5.24. The molecule has 3 aliphatic rings. The van der Waals surface area contributed by atoms with Gasteiger partial charge in [0.1, 0.15) is 13.1 Å². The van der Waals surface area contributed by atoms with Crippen molar-refractivity contribution in [2.45, 2.75) is 25.0 Å². The first-order valence-electron chi connectivity index (χ1n) is 11.6. The quantitative estimate of drug-likeness (QED) is 0.293. The van der Waals surface area contributed by atoms with E-state index in [1.807, 2.05) is 77.5 Å². The number of esters is 1. The Kier molecular flexibility index (Phi) is 6.29. The van der Waals surface area contributed by atoms with Gasteiger partial charge in [-0.1, -0.05) is 48.5 Å². The number of thiophene rings is 1. The lowest BCUT2D eigenvalue weighted by Gasteiger charge is -2.51. The Bertz CT molecular complexity index is 1080.